The third-order valence-electron chi connectivity index (χ3n) is 12.5. The van der Waals surface area contributed by atoms with Crippen molar-refractivity contribution in [3.05, 3.63) is 217 Å². The maximum Gasteiger partial charge on any atom is 0.149 e. The highest BCUT2D eigenvalue weighted by Gasteiger charge is 2.29. The number of fused-ring (bicyclic) bond motifs is 1. The standard InChI is InChI=1S/C65H59N3O/c1-42(2)48-31-32-59(55(38-48)47-23-16-11-17-24-47)68-60-26-18-25-54(61(60)67-63(68)56-40-53(64(3,4)5)41-57(62(56)69)65(6,7)8)51-35-50(44-21-14-10-15-22-44)36-52(37-51)58-39-49(33-34-66-58)46-29-27-45(28-30-46)43-19-12-9-13-20-43/h9-42,69H,1-8H3/i3D3,4D3,5D3,6D3,7D3,8D3,42D. The third kappa shape index (κ3) is 8.91. The van der Waals surface area contributed by atoms with Crippen molar-refractivity contribution in [2.24, 2.45) is 0 Å². The molecule has 340 valence electrons. The van der Waals surface area contributed by atoms with Crippen LogP contribution >= 0.6 is 0 Å². The molecule has 0 atom stereocenters. The Morgan fingerprint density at radius 2 is 1.09 bits per heavy atom. The highest BCUT2D eigenvalue weighted by molar-refractivity contribution is 5.98. The molecular formula is C65H59N3O. The Bertz CT molecular complexity index is 4140. The van der Waals surface area contributed by atoms with Crippen molar-refractivity contribution in [3.63, 3.8) is 0 Å². The van der Waals surface area contributed by atoms with Crippen molar-refractivity contribution >= 4 is 11.0 Å². The monoisotopic (exact) mass is 917 g/mol. The van der Waals surface area contributed by atoms with Gasteiger partial charge in [-0.25, -0.2) is 4.98 Å². The molecule has 0 fully saturated rings. The number of hydrogen-bond donors (Lipinski definition) is 1. The Kier molecular flexibility index (Phi) is 7.27. The summed E-state index contributed by atoms with van der Waals surface area (Å²) >= 11 is 0. The summed E-state index contributed by atoms with van der Waals surface area (Å²) in [7, 11) is 0. The molecule has 69 heavy (non-hydrogen) atoms. The minimum absolute atomic E-state index is 0.131. The maximum absolute atomic E-state index is 13.1. The number of aromatic hydroxyl groups is 1. The van der Waals surface area contributed by atoms with Crippen LogP contribution in [-0.4, -0.2) is 19.6 Å². The smallest absolute Gasteiger partial charge is 0.149 e. The Labute approximate surface area is 434 Å². The number of phenols is 1. The van der Waals surface area contributed by atoms with Gasteiger partial charge < -0.3 is 5.11 Å². The second kappa shape index (κ2) is 18.0. The Morgan fingerprint density at radius 3 is 1.74 bits per heavy atom. The second-order valence-corrected chi connectivity index (χ2v) is 17.5. The van der Waals surface area contributed by atoms with Gasteiger partial charge in [0.2, 0.25) is 0 Å². The summed E-state index contributed by atoms with van der Waals surface area (Å²) in [6.45, 7) is -21.3. The van der Waals surface area contributed by atoms with Crippen molar-refractivity contribution in [3.8, 4) is 89.7 Å². The Balaban J connectivity index is 1.35. The van der Waals surface area contributed by atoms with Gasteiger partial charge in [0.25, 0.3) is 0 Å². The molecule has 0 aliphatic carbocycles. The molecule has 0 bridgehead atoms. The number of benzene rings is 8. The van der Waals surface area contributed by atoms with E-state index in [1.54, 1.807) is 86.8 Å². The average molecular weight is 917 g/mol. The van der Waals surface area contributed by atoms with Crippen LogP contribution in [0, 0.1) is 0 Å². The van der Waals surface area contributed by atoms with E-state index in [1.807, 2.05) is 115 Å². The van der Waals surface area contributed by atoms with Crippen molar-refractivity contribution in [1.29, 1.82) is 0 Å². The molecule has 4 heteroatoms. The fraction of sp³-hybridized carbons (Fsp3) is 0.169. The van der Waals surface area contributed by atoms with Crippen LogP contribution in [0.4, 0.5) is 0 Å². The van der Waals surface area contributed by atoms with Crippen LogP contribution in [0.1, 0.15) is 104 Å². The molecule has 1 N–H and O–H groups in total. The molecule has 0 aliphatic heterocycles. The number of phenolic OH excluding ortho intramolecular Hbond substituents is 1. The topological polar surface area (TPSA) is 50.9 Å². The zero-order valence-corrected chi connectivity index (χ0v) is 37.8. The first-order valence-corrected chi connectivity index (χ1v) is 22.4. The molecule has 0 radical (unpaired) electrons. The normalized spacial score (nSPS) is 17.3. The summed E-state index contributed by atoms with van der Waals surface area (Å²) < 4.78 is 169. The van der Waals surface area contributed by atoms with Crippen LogP contribution in [0.5, 0.6) is 5.75 Å². The number of rotatable bonds is 9. The predicted molar refractivity (Wildman–Crippen MR) is 290 cm³/mol. The van der Waals surface area contributed by atoms with Crippen LogP contribution < -0.4 is 0 Å². The largest absolute Gasteiger partial charge is 0.507 e. The molecule has 0 aliphatic rings. The lowest BCUT2D eigenvalue weighted by molar-refractivity contribution is 0.446. The summed E-state index contributed by atoms with van der Waals surface area (Å²) in [5.41, 5.74) is -1.99. The Hall–Kier alpha value is -7.82. The van der Waals surface area contributed by atoms with E-state index in [-0.39, 0.29) is 22.8 Å². The van der Waals surface area contributed by atoms with E-state index in [1.165, 1.54) is 4.57 Å². The first-order chi connectivity index (χ1) is 41.0. The molecule has 8 aromatic carbocycles. The molecule has 10 aromatic rings. The van der Waals surface area contributed by atoms with Gasteiger partial charge in [-0.15, -0.1) is 0 Å². The zero-order valence-electron chi connectivity index (χ0n) is 56.8. The van der Waals surface area contributed by atoms with E-state index >= 15 is 0 Å². The van der Waals surface area contributed by atoms with Gasteiger partial charge in [0.1, 0.15) is 11.6 Å². The molecule has 0 spiro atoms. The predicted octanol–water partition coefficient (Wildman–Crippen LogP) is 17.5. The number of para-hydroxylation sites is 1. The maximum atomic E-state index is 13.1. The van der Waals surface area contributed by atoms with Gasteiger partial charge in [0.15, 0.2) is 0 Å². The van der Waals surface area contributed by atoms with Gasteiger partial charge in [-0.2, -0.15) is 0 Å². The summed E-state index contributed by atoms with van der Waals surface area (Å²) in [5.74, 6) is -3.05. The lowest BCUT2D eigenvalue weighted by Gasteiger charge is -2.27. The number of aromatic nitrogens is 3. The lowest BCUT2D eigenvalue weighted by atomic mass is 9.79. The summed E-state index contributed by atoms with van der Waals surface area (Å²) in [6.07, 6.45) is 1.71. The molecule has 0 amide bonds. The van der Waals surface area contributed by atoms with Crippen LogP contribution in [0.3, 0.4) is 0 Å². The van der Waals surface area contributed by atoms with Gasteiger partial charge in [-0.1, -0.05) is 194 Å². The summed E-state index contributed by atoms with van der Waals surface area (Å²) in [6, 6.07) is 57.4. The van der Waals surface area contributed by atoms with Gasteiger partial charge >= 0.3 is 0 Å². The fourth-order valence-corrected chi connectivity index (χ4v) is 8.94. The van der Waals surface area contributed by atoms with Crippen molar-refractivity contribution in [1.82, 2.24) is 14.5 Å². The van der Waals surface area contributed by atoms with E-state index in [9.17, 15) is 5.11 Å². The second-order valence-electron chi connectivity index (χ2n) is 17.5. The lowest BCUT2D eigenvalue weighted by Crippen LogP contribution is -2.17. The minimum atomic E-state index is -4.17. The third-order valence-corrected chi connectivity index (χ3v) is 12.5. The van der Waals surface area contributed by atoms with E-state index < -0.39 is 86.1 Å². The molecule has 2 aromatic heterocycles. The summed E-state index contributed by atoms with van der Waals surface area (Å²) in [4.78, 5) is 10.1. The van der Waals surface area contributed by atoms with E-state index in [0.29, 0.717) is 45.1 Å². The molecule has 0 saturated carbocycles. The first kappa shape index (κ1) is 27.9. The minimum Gasteiger partial charge on any atom is -0.507 e. The molecular weight excluding hydrogens is 839 g/mol. The molecule has 2 heterocycles. The zero-order chi connectivity index (χ0) is 64.0. The molecule has 0 unspecified atom stereocenters. The van der Waals surface area contributed by atoms with E-state index in [4.69, 9.17) is 36.0 Å². The van der Waals surface area contributed by atoms with Crippen molar-refractivity contribution < 1.29 is 31.2 Å². The van der Waals surface area contributed by atoms with Crippen LogP contribution in [0.25, 0.3) is 95.0 Å². The first-order valence-electron chi connectivity index (χ1n) is 31.9. The molecule has 10 rings (SSSR count). The quantitative estimate of drug-likeness (QED) is 0.157. The SMILES string of the molecule is [2H]C(C)(C)c1ccc(-n2c(-c3cc(C(C([2H])([2H])[2H])(C([2H])([2H])[2H])C([2H])([2H])[2H])cc(C(C([2H])([2H])[2H])(C([2H])([2H])[2H])C([2H])([2H])[2H])c3O)nc3c(-c4cc(-c5ccccc5)cc(-c5cc(-c6ccc(-c7ccccc7)cc6)ccn5)c4)cccc32)c(-c2ccccc2)c1. The number of imidazole rings is 1. The Morgan fingerprint density at radius 1 is 0.493 bits per heavy atom. The highest BCUT2D eigenvalue weighted by atomic mass is 16.3. The van der Waals surface area contributed by atoms with Crippen LogP contribution in [0.2, 0.25) is 0 Å². The van der Waals surface area contributed by atoms with Gasteiger partial charge in [-0.3, -0.25) is 9.55 Å². The average Bonchev–Trinajstić information content (AvgIpc) is 0.787. The van der Waals surface area contributed by atoms with Gasteiger partial charge in [0, 0.05) is 54.5 Å². The summed E-state index contributed by atoms with van der Waals surface area (Å²) in [5, 5.41) is 13.1. The van der Waals surface area contributed by atoms with Crippen LogP contribution in [0.15, 0.2) is 200 Å². The van der Waals surface area contributed by atoms with Crippen molar-refractivity contribution in [2.45, 2.75) is 71.7 Å². The highest BCUT2D eigenvalue weighted by Crippen LogP contribution is 2.46. The van der Waals surface area contributed by atoms with E-state index in [2.05, 4.69) is 0 Å². The number of nitrogens with zero attached hydrogens (tertiary/aromatic N) is 3. The van der Waals surface area contributed by atoms with E-state index in [0.717, 1.165) is 33.4 Å². The van der Waals surface area contributed by atoms with Gasteiger partial charge in [0.05, 0.1) is 28.0 Å². The number of hydrogen-bond acceptors (Lipinski definition) is 3. The fourth-order valence-electron chi connectivity index (χ4n) is 8.94. The molecule has 0 saturated heterocycles. The number of pyridine rings is 1. The van der Waals surface area contributed by atoms with Gasteiger partial charge in [-0.05, 0) is 127 Å². The molecule has 4 nitrogen and oxygen atoms in total. The van der Waals surface area contributed by atoms with Crippen molar-refractivity contribution in [2.75, 3.05) is 0 Å². The van der Waals surface area contributed by atoms with Crippen LogP contribution in [-0.2, 0) is 10.8 Å².